The zero-order valence-electron chi connectivity index (χ0n) is 13.2. The molecule has 2 aromatic carbocycles. The summed E-state index contributed by atoms with van der Waals surface area (Å²) in [6.45, 7) is 1.24. The molecule has 2 N–H and O–H groups in total. The predicted molar refractivity (Wildman–Crippen MR) is 96.1 cm³/mol. The third-order valence-corrected chi connectivity index (χ3v) is 3.99. The van der Waals surface area contributed by atoms with Crippen LogP contribution in [0.2, 0.25) is 0 Å². The van der Waals surface area contributed by atoms with Gasteiger partial charge in [0.25, 0.3) is 0 Å². The number of anilines is 1. The highest BCUT2D eigenvalue weighted by molar-refractivity contribution is 5.84. The normalized spacial score (nSPS) is 14.0. The lowest BCUT2D eigenvalue weighted by Gasteiger charge is -2.14. The summed E-state index contributed by atoms with van der Waals surface area (Å²) in [6, 6.07) is 20.0. The summed E-state index contributed by atoms with van der Waals surface area (Å²) < 4.78 is 5.90. The average Bonchev–Trinajstić information content (AvgIpc) is 3.06. The molecule has 0 spiro atoms. The van der Waals surface area contributed by atoms with Crippen LogP contribution in [0.3, 0.4) is 0 Å². The molecule has 5 heteroatoms. The third-order valence-electron chi connectivity index (χ3n) is 3.99. The van der Waals surface area contributed by atoms with Crippen molar-refractivity contribution in [2.45, 2.75) is 13.0 Å². The van der Waals surface area contributed by atoms with Gasteiger partial charge in [-0.2, -0.15) is 5.10 Å². The van der Waals surface area contributed by atoms with Gasteiger partial charge in [-0.3, -0.25) is 5.01 Å². The Morgan fingerprint density at radius 3 is 2.83 bits per heavy atom. The summed E-state index contributed by atoms with van der Waals surface area (Å²) in [4.78, 5) is 4.63. The average molecular weight is 318 g/mol. The van der Waals surface area contributed by atoms with Gasteiger partial charge < -0.3 is 10.5 Å². The Balaban J connectivity index is 1.49. The zero-order valence-corrected chi connectivity index (χ0v) is 13.2. The van der Waals surface area contributed by atoms with E-state index in [1.54, 1.807) is 0 Å². The topological polar surface area (TPSA) is 63.7 Å². The van der Waals surface area contributed by atoms with E-state index in [0.29, 0.717) is 12.4 Å². The van der Waals surface area contributed by atoms with E-state index < -0.39 is 0 Å². The first-order valence-electron chi connectivity index (χ1n) is 7.96. The van der Waals surface area contributed by atoms with Crippen molar-refractivity contribution < 1.29 is 4.74 Å². The van der Waals surface area contributed by atoms with Gasteiger partial charge in [-0.25, -0.2) is 4.98 Å². The minimum atomic E-state index is 0.430. The van der Waals surface area contributed by atoms with Crippen LogP contribution >= 0.6 is 0 Å². The van der Waals surface area contributed by atoms with Crippen molar-refractivity contribution in [2.75, 3.05) is 11.6 Å². The summed E-state index contributed by atoms with van der Waals surface area (Å²) in [5.41, 5.74) is 8.62. The molecule has 3 aromatic rings. The Kier molecular flexibility index (Phi) is 3.75. The van der Waals surface area contributed by atoms with Crippen LogP contribution in [0.4, 0.5) is 5.69 Å². The van der Waals surface area contributed by atoms with Crippen LogP contribution in [-0.2, 0) is 6.61 Å². The van der Waals surface area contributed by atoms with E-state index in [9.17, 15) is 0 Å². The van der Waals surface area contributed by atoms with E-state index in [0.717, 1.165) is 41.0 Å². The van der Waals surface area contributed by atoms with Crippen LogP contribution in [0.15, 0.2) is 65.8 Å². The molecular weight excluding hydrogens is 300 g/mol. The van der Waals surface area contributed by atoms with Gasteiger partial charge in [-0.1, -0.05) is 30.3 Å². The van der Waals surface area contributed by atoms with Gasteiger partial charge in [0.2, 0.25) is 0 Å². The fraction of sp³-hybridized carbons (Fsp3) is 0.158. The second-order valence-corrected chi connectivity index (χ2v) is 5.75. The number of amidine groups is 1. The van der Waals surface area contributed by atoms with E-state index in [1.165, 1.54) is 0 Å². The van der Waals surface area contributed by atoms with Crippen molar-refractivity contribution in [3.05, 3.63) is 66.4 Å². The quantitative estimate of drug-likeness (QED) is 0.801. The molecule has 0 bridgehead atoms. The Labute approximate surface area is 140 Å². The number of para-hydroxylation sites is 1. The summed E-state index contributed by atoms with van der Waals surface area (Å²) in [7, 11) is 0. The fourth-order valence-corrected chi connectivity index (χ4v) is 2.74. The Morgan fingerprint density at radius 2 is 1.96 bits per heavy atom. The molecule has 1 aliphatic heterocycles. The second kappa shape index (κ2) is 6.20. The van der Waals surface area contributed by atoms with Crippen LogP contribution in [0, 0.1) is 0 Å². The molecule has 2 heterocycles. The van der Waals surface area contributed by atoms with E-state index in [4.69, 9.17) is 10.5 Å². The van der Waals surface area contributed by atoms with E-state index >= 15 is 0 Å². The SMILES string of the molecule is NC1=NN(c2cccc(OCc3ccc4ccccc4n3)c2)CC1. The van der Waals surface area contributed by atoms with Crippen LogP contribution in [0.25, 0.3) is 10.9 Å². The molecule has 0 atom stereocenters. The van der Waals surface area contributed by atoms with Gasteiger partial charge in [0.15, 0.2) is 0 Å². The highest BCUT2D eigenvalue weighted by atomic mass is 16.5. The molecule has 0 fully saturated rings. The van der Waals surface area contributed by atoms with Gasteiger partial charge >= 0.3 is 0 Å². The lowest BCUT2D eigenvalue weighted by atomic mass is 10.2. The molecule has 0 amide bonds. The first-order valence-corrected chi connectivity index (χ1v) is 7.96. The minimum Gasteiger partial charge on any atom is -0.487 e. The highest BCUT2D eigenvalue weighted by Gasteiger charge is 2.13. The molecule has 24 heavy (non-hydrogen) atoms. The molecule has 0 radical (unpaired) electrons. The van der Waals surface area contributed by atoms with Gasteiger partial charge in [0.05, 0.1) is 16.9 Å². The molecule has 5 nitrogen and oxygen atoms in total. The van der Waals surface area contributed by atoms with E-state index in [2.05, 4.69) is 22.2 Å². The van der Waals surface area contributed by atoms with Crippen molar-refractivity contribution in [3.8, 4) is 5.75 Å². The largest absolute Gasteiger partial charge is 0.487 e. The molecule has 120 valence electrons. The molecule has 0 aliphatic carbocycles. The summed E-state index contributed by atoms with van der Waals surface area (Å²) in [6.07, 6.45) is 0.798. The maximum atomic E-state index is 5.90. The Hall–Kier alpha value is -3.08. The van der Waals surface area contributed by atoms with Crippen molar-refractivity contribution in [2.24, 2.45) is 10.8 Å². The van der Waals surface area contributed by atoms with E-state index in [-0.39, 0.29) is 0 Å². The number of hydrogen-bond acceptors (Lipinski definition) is 5. The first-order chi connectivity index (χ1) is 11.8. The molecular formula is C19H18N4O. The number of hydrogen-bond donors (Lipinski definition) is 1. The van der Waals surface area contributed by atoms with Gasteiger partial charge in [-0.15, -0.1) is 0 Å². The first kappa shape index (κ1) is 14.5. The highest BCUT2D eigenvalue weighted by Crippen LogP contribution is 2.24. The van der Waals surface area contributed by atoms with Crippen LogP contribution < -0.4 is 15.5 Å². The number of pyridine rings is 1. The molecule has 0 unspecified atom stereocenters. The molecule has 1 aromatic heterocycles. The van der Waals surface area contributed by atoms with Crippen molar-refractivity contribution in [1.82, 2.24) is 4.98 Å². The van der Waals surface area contributed by atoms with E-state index in [1.807, 2.05) is 53.5 Å². The summed E-state index contributed by atoms with van der Waals surface area (Å²) in [5.74, 6) is 1.46. The van der Waals surface area contributed by atoms with Gasteiger partial charge in [0.1, 0.15) is 18.2 Å². The smallest absolute Gasteiger partial charge is 0.130 e. The Morgan fingerprint density at radius 1 is 1.04 bits per heavy atom. The molecule has 4 rings (SSSR count). The van der Waals surface area contributed by atoms with Crippen LogP contribution in [0.5, 0.6) is 5.75 Å². The van der Waals surface area contributed by atoms with Crippen molar-refractivity contribution in [3.63, 3.8) is 0 Å². The van der Waals surface area contributed by atoms with Gasteiger partial charge in [-0.05, 0) is 24.3 Å². The zero-order chi connectivity index (χ0) is 16.4. The minimum absolute atomic E-state index is 0.430. The lowest BCUT2D eigenvalue weighted by Crippen LogP contribution is -2.11. The number of fused-ring (bicyclic) bond motifs is 1. The van der Waals surface area contributed by atoms with Crippen molar-refractivity contribution >= 4 is 22.4 Å². The molecule has 0 saturated heterocycles. The number of benzene rings is 2. The maximum Gasteiger partial charge on any atom is 0.130 e. The summed E-state index contributed by atoms with van der Waals surface area (Å²) >= 11 is 0. The third kappa shape index (κ3) is 3.01. The van der Waals surface area contributed by atoms with Crippen molar-refractivity contribution in [1.29, 1.82) is 0 Å². The molecule has 1 aliphatic rings. The number of ether oxygens (including phenoxy) is 1. The number of hydrazone groups is 1. The lowest BCUT2D eigenvalue weighted by molar-refractivity contribution is 0.302. The predicted octanol–water partition coefficient (Wildman–Crippen LogP) is 3.30. The standard InChI is InChI=1S/C19H18N4O/c20-19-10-11-23(22-19)16-5-3-6-17(12-16)24-13-15-9-8-14-4-1-2-7-18(14)21-15/h1-9,12H,10-11,13H2,(H2,20,22). The number of aromatic nitrogens is 1. The fourth-order valence-electron chi connectivity index (χ4n) is 2.74. The summed E-state index contributed by atoms with van der Waals surface area (Å²) in [5, 5.41) is 7.34. The number of nitrogens with two attached hydrogens (primary N) is 1. The Bertz CT molecular complexity index is 907. The number of nitrogens with zero attached hydrogens (tertiary/aromatic N) is 3. The number of rotatable bonds is 4. The maximum absolute atomic E-state index is 5.90. The van der Waals surface area contributed by atoms with Gasteiger partial charge in [0, 0.05) is 24.4 Å². The molecule has 0 saturated carbocycles. The van der Waals surface area contributed by atoms with Crippen LogP contribution in [-0.4, -0.2) is 17.4 Å². The van der Waals surface area contributed by atoms with Crippen LogP contribution in [0.1, 0.15) is 12.1 Å². The monoisotopic (exact) mass is 318 g/mol. The second-order valence-electron chi connectivity index (χ2n) is 5.75.